The van der Waals surface area contributed by atoms with Gasteiger partial charge in [0.1, 0.15) is 11.4 Å². The van der Waals surface area contributed by atoms with Crippen molar-refractivity contribution in [1.29, 1.82) is 0 Å². The molecule has 0 amide bonds. The lowest BCUT2D eigenvalue weighted by Crippen LogP contribution is -2.26. The molecule has 5 heteroatoms. The molecule has 1 N–H and O–H groups in total. The van der Waals surface area contributed by atoms with Crippen molar-refractivity contribution in [1.82, 2.24) is 15.1 Å². The van der Waals surface area contributed by atoms with Crippen LogP contribution < -0.4 is 10.1 Å². The van der Waals surface area contributed by atoms with Crippen molar-refractivity contribution >= 4 is 0 Å². The molecule has 25 heavy (non-hydrogen) atoms. The zero-order chi connectivity index (χ0) is 17.4. The molecule has 2 aliphatic rings. The topological polar surface area (TPSA) is 48.3 Å². The van der Waals surface area contributed by atoms with E-state index in [9.17, 15) is 0 Å². The van der Waals surface area contributed by atoms with Crippen molar-refractivity contribution in [3.63, 3.8) is 0 Å². The van der Waals surface area contributed by atoms with E-state index in [1.165, 1.54) is 16.7 Å². The summed E-state index contributed by atoms with van der Waals surface area (Å²) in [6.45, 7) is 6.89. The minimum absolute atomic E-state index is 0.0941. The highest BCUT2D eigenvalue weighted by Gasteiger charge is 2.32. The van der Waals surface area contributed by atoms with Gasteiger partial charge in [-0.25, -0.2) is 0 Å². The van der Waals surface area contributed by atoms with Crippen molar-refractivity contribution in [2.75, 3.05) is 13.2 Å². The van der Waals surface area contributed by atoms with Crippen LogP contribution in [-0.4, -0.2) is 28.5 Å². The summed E-state index contributed by atoms with van der Waals surface area (Å²) < 4.78 is 14.0. The molecule has 0 radical (unpaired) electrons. The first kappa shape index (κ1) is 16.6. The Kier molecular flexibility index (Phi) is 4.29. The molecule has 2 atom stereocenters. The first-order chi connectivity index (χ1) is 12.0. The molecular formula is C20H27N3O2. The van der Waals surface area contributed by atoms with Crippen LogP contribution in [0.1, 0.15) is 43.1 Å². The molecule has 1 fully saturated rings. The molecule has 2 aromatic rings. The van der Waals surface area contributed by atoms with Gasteiger partial charge in [0, 0.05) is 56.4 Å². The van der Waals surface area contributed by atoms with E-state index in [2.05, 4.69) is 48.7 Å². The molecule has 0 saturated carbocycles. The number of ether oxygens (including phenoxy) is 2. The van der Waals surface area contributed by atoms with Crippen LogP contribution in [-0.2, 0) is 24.8 Å². The van der Waals surface area contributed by atoms with E-state index in [0.717, 1.165) is 38.3 Å². The quantitative estimate of drug-likeness (QED) is 0.908. The number of fused-ring (bicyclic) bond motifs is 1. The number of hydrogen-bond donors (Lipinski definition) is 1. The van der Waals surface area contributed by atoms with Crippen molar-refractivity contribution in [2.45, 2.75) is 44.9 Å². The third kappa shape index (κ3) is 3.44. The molecule has 0 unspecified atom stereocenters. The van der Waals surface area contributed by atoms with Gasteiger partial charge < -0.3 is 14.8 Å². The smallest absolute Gasteiger partial charge is 0.127 e. The molecule has 2 aliphatic heterocycles. The summed E-state index contributed by atoms with van der Waals surface area (Å²) in [6.07, 6.45) is 6.20. The maximum Gasteiger partial charge on any atom is 0.127 e. The zero-order valence-corrected chi connectivity index (χ0v) is 15.3. The lowest BCUT2D eigenvalue weighted by molar-refractivity contribution is 0.0903. The molecule has 1 aromatic heterocycles. The van der Waals surface area contributed by atoms with Gasteiger partial charge in [0.2, 0.25) is 0 Å². The molecule has 1 saturated heterocycles. The molecule has 5 nitrogen and oxygen atoms in total. The third-order valence-electron chi connectivity index (χ3n) is 5.16. The summed E-state index contributed by atoms with van der Waals surface area (Å²) in [4.78, 5) is 0. The van der Waals surface area contributed by atoms with Gasteiger partial charge in [-0.1, -0.05) is 18.2 Å². The number of para-hydroxylation sites is 1. The maximum absolute atomic E-state index is 6.17. The molecular weight excluding hydrogens is 314 g/mol. The van der Waals surface area contributed by atoms with Gasteiger partial charge in [-0.2, -0.15) is 5.10 Å². The fourth-order valence-corrected chi connectivity index (χ4v) is 4.01. The highest BCUT2D eigenvalue weighted by Crippen LogP contribution is 2.38. The van der Waals surface area contributed by atoms with Gasteiger partial charge in [-0.3, -0.25) is 4.68 Å². The van der Waals surface area contributed by atoms with Gasteiger partial charge in [0.25, 0.3) is 0 Å². The summed E-state index contributed by atoms with van der Waals surface area (Å²) in [5, 5.41) is 7.90. The largest absolute Gasteiger partial charge is 0.487 e. The Hall–Kier alpha value is -1.85. The number of nitrogens with one attached hydrogen (secondary N) is 1. The number of hydrogen-bond acceptors (Lipinski definition) is 4. The van der Waals surface area contributed by atoms with E-state index >= 15 is 0 Å². The lowest BCUT2D eigenvalue weighted by Gasteiger charge is -2.20. The van der Waals surface area contributed by atoms with Gasteiger partial charge in [0.05, 0.1) is 12.3 Å². The average Bonchev–Trinajstić information content (AvgIpc) is 3.24. The molecule has 0 spiro atoms. The third-order valence-corrected chi connectivity index (χ3v) is 5.16. The molecule has 4 rings (SSSR count). The summed E-state index contributed by atoms with van der Waals surface area (Å²) in [6, 6.07) is 6.48. The normalized spacial score (nSPS) is 24.3. The second kappa shape index (κ2) is 6.46. The Morgan fingerprint density at radius 1 is 1.36 bits per heavy atom. The molecule has 134 valence electrons. The summed E-state index contributed by atoms with van der Waals surface area (Å²) in [5.41, 5.74) is 3.66. The van der Waals surface area contributed by atoms with Crippen LogP contribution in [0.4, 0.5) is 0 Å². The van der Waals surface area contributed by atoms with Crippen LogP contribution in [0.2, 0.25) is 0 Å². The van der Waals surface area contributed by atoms with Crippen LogP contribution in [0.3, 0.4) is 0 Å². The summed E-state index contributed by atoms with van der Waals surface area (Å²) >= 11 is 0. The van der Waals surface area contributed by atoms with Crippen molar-refractivity contribution < 1.29 is 9.47 Å². The fourth-order valence-electron chi connectivity index (χ4n) is 4.01. The number of aromatic nitrogens is 2. The zero-order valence-electron chi connectivity index (χ0n) is 15.3. The van der Waals surface area contributed by atoms with Crippen LogP contribution in [0.5, 0.6) is 5.75 Å². The highest BCUT2D eigenvalue weighted by molar-refractivity contribution is 5.45. The Bertz CT molecular complexity index is 753. The monoisotopic (exact) mass is 341 g/mol. The minimum Gasteiger partial charge on any atom is -0.487 e. The molecule has 0 bridgehead atoms. The van der Waals surface area contributed by atoms with Gasteiger partial charge in [-0.05, 0) is 25.8 Å². The van der Waals surface area contributed by atoms with E-state index in [1.807, 2.05) is 17.9 Å². The van der Waals surface area contributed by atoms with Crippen LogP contribution in [0, 0.1) is 5.92 Å². The second-order valence-electron chi connectivity index (χ2n) is 7.86. The van der Waals surface area contributed by atoms with Crippen LogP contribution in [0.25, 0.3) is 0 Å². The van der Waals surface area contributed by atoms with Gasteiger partial charge in [0.15, 0.2) is 0 Å². The Balaban J connectivity index is 1.38. The van der Waals surface area contributed by atoms with E-state index in [1.54, 1.807) is 0 Å². The van der Waals surface area contributed by atoms with E-state index in [0.29, 0.717) is 5.92 Å². The van der Waals surface area contributed by atoms with Crippen LogP contribution >= 0.6 is 0 Å². The van der Waals surface area contributed by atoms with E-state index < -0.39 is 0 Å². The van der Waals surface area contributed by atoms with E-state index in [-0.39, 0.29) is 11.7 Å². The predicted molar refractivity (Wildman–Crippen MR) is 96.6 cm³/mol. The van der Waals surface area contributed by atoms with Gasteiger partial charge >= 0.3 is 0 Å². The Morgan fingerprint density at radius 3 is 3.04 bits per heavy atom. The van der Waals surface area contributed by atoms with Crippen molar-refractivity contribution in [2.24, 2.45) is 13.0 Å². The maximum atomic E-state index is 6.17. The number of benzene rings is 1. The number of aryl methyl sites for hydroxylation is 1. The van der Waals surface area contributed by atoms with E-state index in [4.69, 9.17) is 9.47 Å². The highest BCUT2D eigenvalue weighted by atomic mass is 16.5. The first-order valence-corrected chi connectivity index (χ1v) is 9.12. The number of rotatable bonds is 5. The predicted octanol–water partition coefficient (Wildman–Crippen LogP) is 3.00. The minimum atomic E-state index is -0.0941. The lowest BCUT2D eigenvalue weighted by atomic mass is 9.97. The second-order valence-corrected chi connectivity index (χ2v) is 7.86. The summed E-state index contributed by atoms with van der Waals surface area (Å²) in [5.74, 6) is 1.56. The molecule has 3 heterocycles. The Labute approximate surface area is 149 Å². The SMILES string of the molecule is Cn1cc([C@@H]2OCC[C@H]2CNCc2cccc3c2OC(C)(C)C3)cn1. The van der Waals surface area contributed by atoms with Gasteiger partial charge in [-0.15, -0.1) is 0 Å². The average molecular weight is 341 g/mol. The summed E-state index contributed by atoms with van der Waals surface area (Å²) in [7, 11) is 1.95. The molecule has 0 aliphatic carbocycles. The molecule has 1 aromatic carbocycles. The fraction of sp³-hybridized carbons (Fsp3) is 0.550. The van der Waals surface area contributed by atoms with Crippen molar-refractivity contribution in [3.8, 4) is 5.75 Å². The first-order valence-electron chi connectivity index (χ1n) is 9.12. The standard InChI is InChI=1S/C20H27N3O2/c1-20(2)9-14-5-4-6-15(19(14)25-20)10-21-11-16-7-8-24-18(16)17-12-22-23(3)13-17/h4-6,12-13,16,18,21H,7-11H2,1-3H3/t16-,18+/m0/s1. The Morgan fingerprint density at radius 2 is 2.24 bits per heavy atom. The van der Waals surface area contributed by atoms with Crippen molar-refractivity contribution in [3.05, 3.63) is 47.3 Å². The van der Waals surface area contributed by atoms with Crippen LogP contribution in [0.15, 0.2) is 30.6 Å². The number of nitrogens with zero attached hydrogens (tertiary/aromatic N) is 2.